The first-order valence-corrected chi connectivity index (χ1v) is 10.4. The number of nitro benzene ring substituents is 1. The van der Waals surface area contributed by atoms with Gasteiger partial charge in [0.15, 0.2) is 0 Å². The van der Waals surface area contributed by atoms with E-state index in [-0.39, 0.29) is 30.0 Å². The van der Waals surface area contributed by atoms with E-state index in [4.69, 9.17) is 4.74 Å². The Morgan fingerprint density at radius 1 is 1.10 bits per heavy atom. The number of nitrogens with zero attached hydrogens (tertiary/aromatic N) is 3. The Bertz CT molecular complexity index is 910. The summed E-state index contributed by atoms with van der Waals surface area (Å²) in [5.41, 5.74) is 0.523. The van der Waals surface area contributed by atoms with Gasteiger partial charge in [-0.25, -0.2) is 0 Å². The van der Waals surface area contributed by atoms with Crippen LogP contribution in [0.2, 0.25) is 0 Å². The lowest BCUT2D eigenvalue weighted by Crippen LogP contribution is -2.43. The van der Waals surface area contributed by atoms with Crippen molar-refractivity contribution in [3.05, 3.63) is 70.3 Å². The standard InChI is InChI=1S/C23H27N3O5/c1-24(17-19-7-5-6-10-21(19)26(29)30)23(28)18-11-14-25(15-12-18)22(27)13-16-31-20-8-3-2-4-9-20/h2-10,18H,11-17H2,1H3. The molecule has 1 heterocycles. The molecule has 0 unspecified atom stereocenters. The number of carbonyl (C=O) groups is 2. The lowest BCUT2D eigenvalue weighted by molar-refractivity contribution is -0.385. The highest BCUT2D eigenvalue weighted by atomic mass is 16.6. The zero-order chi connectivity index (χ0) is 22.2. The van der Waals surface area contributed by atoms with Gasteiger partial charge in [0.1, 0.15) is 5.75 Å². The molecule has 164 valence electrons. The molecule has 0 saturated carbocycles. The van der Waals surface area contributed by atoms with Crippen LogP contribution in [0.1, 0.15) is 24.8 Å². The van der Waals surface area contributed by atoms with Crippen molar-refractivity contribution in [1.29, 1.82) is 0 Å². The van der Waals surface area contributed by atoms with Gasteiger partial charge in [0.05, 0.1) is 24.5 Å². The van der Waals surface area contributed by atoms with Gasteiger partial charge in [-0.1, -0.05) is 36.4 Å². The van der Waals surface area contributed by atoms with Gasteiger partial charge < -0.3 is 14.5 Å². The number of nitro groups is 1. The quantitative estimate of drug-likeness (QED) is 0.478. The summed E-state index contributed by atoms with van der Waals surface area (Å²) < 4.78 is 5.59. The smallest absolute Gasteiger partial charge is 0.274 e. The third kappa shape index (κ3) is 6.04. The molecule has 1 fully saturated rings. The second-order valence-electron chi connectivity index (χ2n) is 7.65. The number of likely N-dealkylation sites (tertiary alicyclic amines) is 1. The van der Waals surface area contributed by atoms with Crippen molar-refractivity contribution in [3.8, 4) is 5.75 Å². The lowest BCUT2D eigenvalue weighted by atomic mass is 9.95. The molecule has 2 aromatic carbocycles. The van der Waals surface area contributed by atoms with Crippen LogP contribution in [0.25, 0.3) is 0 Å². The molecule has 1 aliphatic heterocycles. The van der Waals surface area contributed by atoms with E-state index < -0.39 is 4.92 Å². The predicted molar refractivity (Wildman–Crippen MR) is 115 cm³/mol. The summed E-state index contributed by atoms with van der Waals surface area (Å²) in [6.45, 7) is 1.56. The van der Waals surface area contributed by atoms with Crippen LogP contribution in [-0.2, 0) is 16.1 Å². The third-order valence-electron chi connectivity index (χ3n) is 5.50. The van der Waals surface area contributed by atoms with Crippen LogP contribution in [0, 0.1) is 16.0 Å². The fourth-order valence-electron chi connectivity index (χ4n) is 3.77. The van der Waals surface area contributed by atoms with Crippen LogP contribution in [-0.4, -0.2) is 53.3 Å². The average molecular weight is 425 g/mol. The van der Waals surface area contributed by atoms with Crippen molar-refractivity contribution in [2.75, 3.05) is 26.7 Å². The van der Waals surface area contributed by atoms with Gasteiger partial charge >= 0.3 is 0 Å². The molecule has 0 bridgehead atoms. The van der Waals surface area contributed by atoms with Crippen molar-refractivity contribution in [2.45, 2.75) is 25.8 Å². The van der Waals surface area contributed by atoms with E-state index in [2.05, 4.69) is 0 Å². The Kier molecular flexibility index (Phi) is 7.59. The van der Waals surface area contributed by atoms with Crippen LogP contribution in [0.3, 0.4) is 0 Å². The number of amides is 2. The number of hydrogen-bond donors (Lipinski definition) is 0. The molecule has 0 radical (unpaired) electrons. The molecule has 8 nitrogen and oxygen atoms in total. The topological polar surface area (TPSA) is 93.0 Å². The Morgan fingerprint density at radius 3 is 2.42 bits per heavy atom. The summed E-state index contributed by atoms with van der Waals surface area (Å²) in [6, 6.07) is 15.8. The molecular formula is C23H27N3O5. The zero-order valence-electron chi connectivity index (χ0n) is 17.6. The monoisotopic (exact) mass is 425 g/mol. The van der Waals surface area contributed by atoms with E-state index in [0.717, 1.165) is 5.75 Å². The van der Waals surface area contributed by atoms with Crippen LogP contribution >= 0.6 is 0 Å². The van der Waals surface area contributed by atoms with Gasteiger partial charge in [0.25, 0.3) is 5.69 Å². The lowest BCUT2D eigenvalue weighted by Gasteiger charge is -2.33. The SMILES string of the molecule is CN(Cc1ccccc1[N+](=O)[O-])C(=O)C1CCN(C(=O)CCOc2ccccc2)CC1. The Balaban J connectivity index is 1.45. The summed E-state index contributed by atoms with van der Waals surface area (Å²) in [5.74, 6) is 0.534. The molecule has 0 atom stereocenters. The van der Waals surface area contributed by atoms with Gasteiger partial charge in [0, 0.05) is 37.7 Å². The normalized spacial score (nSPS) is 14.2. The number of ether oxygens (including phenoxy) is 1. The summed E-state index contributed by atoms with van der Waals surface area (Å²) in [7, 11) is 1.66. The number of hydrogen-bond acceptors (Lipinski definition) is 5. The largest absolute Gasteiger partial charge is 0.493 e. The van der Waals surface area contributed by atoms with Gasteiger partial charge in [-0.3, -0.25) is 19.7 Å². The molecule has 31 heavy (non-hydrogen) atoms. The highest BCUT2D eigenvalue weighted by Gasteiger charge is 2.29. The first-order valence-electron chi connectivity index (χ1n) is 10.4. The van der Waals surface area contributed by atoms with Gasteiger partial charge in [-0.05, 0) is 25.0 Å². The molecule has 0 aromatic heterocycles. The minimum atomic E-state index is -0.431. The molecule has 1 aliphatic rings. The van der Waals surface area contributed by atoms with Gasteiger partial charge in [0.2, 0.25) is 11.8 Å². The molecule has 2 amide bonds. The fourth-order valence-corrected chi connectivity index (χ4v) is 3.77. The van der Waals surface area contributed by atoms with Crippen LogP contribution < -0.4 is 4.74 Å². The number of rotatable bonds is 8. The molecule has 1 saturated heterocycles. The third-order valence-corrected chi connectivity index (χ3v) is 5.50. The first-order chi connectivity index (χ1) is 15.0. The Labute approximate surface area is 181 Å². The summed E-state index contributed by atoms with van der Waals surface area (Å²) in [5, 5.41) is 11.2. The number of benzene rings is 2. The minimum absolute atomic E-state index is 0.0142. The fraction of sp³-hybridized carbons (Fsp3) is 0.391. The highest BCUT2D eigenvalue weighted by molar-refractivity contribution is 5.80. The van der Waals surface area contributed by atoms with E-state index >= 15 is 0 Å². The van der Waals surface area contributed by atoms with E-state index in [0.29, 0.717) is 44.5 Å². The maximum absolute atomic E-state index is 12.8. The maximum atomic E-state index is 12.8. The number of piperidine rings is 1. The van der Waals surface area contributed by atoms with Crippen LogP contribution in [0.15, 0.2) is 54.6 Å². The van der Waals surface area contributed by atoms with E-state index in [1.165, 1.54) is 11.0 Å². The molecule has 0 spiro atoms. The number of para-hydroxylation sites is 2. The Morgan fingerprint density at radius 2 is 1.74 bits per heavy atom. The van der Waals surface area contributed by atoms with Crippen LogP contribution in [0.4, 0.5) is 5.69 Å². The van der Waals surface area contributed by atoms with Crippen LogP contribution in [0.5, 0.6) is 5.75 Å². The van der Waals surface area contributed by atoms with E-state index in [1.54, 1.807) is 30.1 Å². The van der Waals surface area contributed by atoms with Crippen molar-refractivity contribution in [2.24, 2.45) is 5.92 Å². The zero-order valence-corrected chi connectivity index (χ0v) is 17.6. The maximum Gasteiger partial charge on any atom is 0.274 e. The molecule has 0 N–H and O–H groups in total. The average Bonchev–Trinajstić information content (AvgIpc) is 2.79. The predicted octanol–water partition coefficient (Wildman–Crippen LogP) is 3.26. The first kappa shape index (κ1) is 22.3. The number of carbonyl (C=O) groups excluding carboxylic acids is 2. The van der Waals surface area contributed by atoms with Crippen molar-refractivity contribution in [3.63, 3.8) is 0 Å². The Hall–Kier alpha value is -3.42. The highest BCUT2D eigenvalue weighted by Crippen LogP contribution is 2.23. The van der Waals surface area contributed by atoms with Crippen molar-refractivity contribution < 1.29 is 19.2 Å². The minimum Gasteiger partial charge on any atom is -0.493 e. The molecular weight excluding hydrogens is 398 g/mol. The molecule has 2 aromatic rings. The molecule has 3 rings (SSSR count). The van der Waals surface area contributed by atoms with Crippen molar-refractivity contribution in [1.82, 2.24) is 9.80 Å². The van der Waals surface area contributed by atoms with Gasteiger partial charge in [-0.2, -0.15) is 0 Å². The summed E-state index contributed by atoms with van der Waals surface area (Å²) >= 11 is 0. The van der Waals surface area contributed by atoms with Gasteiger partial charge in [-0.15, -0.1) is 0 Å². The molecule has 0 aliphatic carbocycles. The second-order valence-corrected chi connectivity index (χ2v) is 7.65. The second kappa shape index (κ2) is 10.6. The summed E-state index contributed by atoms with van der Waals surface area (Å²) in [6.07, 6.45) is 1.47. The summed E-state index contributed by atoms with van der Waals surface area (Å²) in [4.78, 5) is 39.3. The molecule has 8 heteroatoms. The van der Waals surface area contributed by atoms with E-state index in [9.17, 15) is 19.7 Å². The van der Waals surface area contributed by atoms with Crippen molar-refractivity contribution >= 4 is 17.5 Å². The van der Waals surface area contributed by atoms with E-state index in [1.807, 2.05) is 30.3 Å².